The second-order valence-electron chi connectivity index (χ2n) is 4.21. The summed E-state index contributed by atoms with van der Waals surface area (Å²) in [6, 6.07) is 3.26. The van der Waals surface area contributed by atoms with Gasteiger partial charge in [0, 0.05) is 12.6 Å². The van der Waals surface area contributed by atoms with Crippen molar-refractivity contribution in [2.75, 3.05) is 17.7 Å². The Kier molecular flexibility index (Phi) is 4.58. The number of nitrogens with one attached hydrogen (secondary N) is 2. The van der Waals surface area contributed by atoms with Crippen molar-refractivity contribution < 1.29 is 0 Å². The Labute approximate surface area is 132 Å². The molecule has 0 saturated carbocycles. The van der Waals surface area contributed by atoms with E-state index < -0.39 is 0 Å². The Balaban J connectivity index is 2.45. The van der Waals surface area contributed by atoms with E-state index in [1.807, 2.05) is 20.9 Å². The molecule has 0 saturated heterocycles. The van der Waals surface area contributed by atoms with Crippen LogP contribution in [0.1, 0.15) is 11.4 Å². The van der Waals surface area contributed by atoms with Gasteiger partial charge in [0.1, 0.15) is 17.5 Å². The van der Waals surface area contributed by atoms with Crippen LogP contribution in [-0.4, -0.2) is 17.0 Å². The molecule has 0 bridgehead atoms. The van der Waals surface area contributed by atoms with Crippen LogP contribution in [-0.2, 0) is 0 Å². The van der Waals surface area contributed by atoms with Crippen molar-refractivity contribution in [3.8, 4) is 0 Å². The largest absolute Gasteiger partial charge is 0.373 e. The third-order valence-corrected chi connectivity index (χ3v) is 3.79. The molecule has 2 N–H and O–H groups in total. The average Bonchev–Trinajstić information content (AvgIpc) is 2.39. The smallest absolute Gasteiger partial charge is 0.139 e. The number of rotatable bonds is 3. The summed E-state index contributed by atoms with van der Waals surface area (Å²) in [5.41, 5.74) is 1.53. The Bertz CT molecular complexity index is 659. The Morgan fingerprint density at radius 2 is 1.50 bits per heavy atom. The van der Waals surface area contributed by atoms with Gasteiger partial charge >= 0.3 is 0 Å². The molecule has 0 aliphatic carbocycles. The highest BCUT2D eigenvalue weighted by Gasteiger charge is 2.11. The zero-order chi connectivity index (χ0) is 14.9. The highest BCUT2D eigenvalue weighted by Crippen LogP contribution is 2.34. The van der Waals surface area contributed by atoms with E-state index in [1.54, 1.807) is 12.1 Å². The summed E-state index contributed by atoms with van der Waals surface area (Å²) in [5, 5.41) is 7.49. The number of hydrogen-bond acceptors (Lipinski definition) is 4. The van der Waals surface area contributed by atoms with Crippen LogP contribution in [0.25, 0.3) is 0 Å². The van der Waals surface area contributed by atoms with Gasteiger partial charge in [-0.15, -0.1) is 0 Å². The van der Waals surface area contributed by atoms with Crippen LogP contribution >= 0.6 is 34.8 Å². The molecule has 0 aliphatic rings. The van der Waals surface area contributed by atoms with Crippen molar-refractivity contribution in [1.82, 2.24) is 9.97 Å². The van der Waals surface area contributed by atoms with Gasteiger partial charge in [0.15, 0.2) is 0 Å². The number of hydrogen-bond donors (Lipinski definition) is 2. The van der Waals surface area contributed by atoms with Crippen molar-refractivity contribution >= 4 is 52.1 Å². The van der Waals surface area contributed by atoms with Crippen molar-refractivity contribution in [3.05, 3.63) is 38.6 Å². The number of anilines is 3. The molecule has 0 unspecified atom stereocenters. The van der Waals surface area contributed by atoms with Crippen LogP contribution in [0, 0.1) is 13.8 Å². The summed E-state index contributed by atoms with van der Waals surface area (Å²) in [6.45, 7) is 3.74. The molecule has 0 atom stereocenters. The lowest BCUT2D eigenvalue weighted by atomic mass is 10.2. The van der Waals surface area contributed by atoms with Crippen LogP contribution in [0.5, 0.6) is 0 Å². The van der Waals surface area contributed by atoms with Gasteiger partial charge < -0.3 is 10.6 Å². The second kappa shape index (κ2) is 6.04. The molecule has 0 fully saturated rings. The third kappa shape index (κ3) is 3.08. The van der Waals surface area contributed by atoms with Gasteiger partial charge in [-0.3, -0.25) is 0 Å². The minimum Gasteiger partial charge on any atom is -0.373 e. The first-order chi connectivity index (χ1) is 9.42. The van der Waals surface area contributed by atoms with Crippen molar-refractivity contribution in [1.29, 1.82) is 0 Å². The van der Waals surface area contributed by atoms with Crippen molar-refractivity contribution in [3.63, 3.8) is 0 Å². The Morgan fingerprint density at radius 3 is 2.15 bits per heavy atom. The molecule has 2 aromatic rings. The molecular formula is C13H13Cl3N4. The molecule has 1 aromatic heterocycles. The predicted octanol–water partition coefficient (Wildman–Crippen LogP) is 4.84. The SMILES string of the molecule is CNc1nc(C)nc(Nc2cc(Cl)c(Cl)cc2Cl)c1C. The molecule has 0 radical (unpaired) electrons. The summed E-state index contributed by atoms with van der Waals surface area (Å²) in [5.74, 6) is 2.08. The maximum atomic E-state index is 6.15. The first-order valence-corrected chi connectivity index (χ1v) is 7.00. The number of benzene rings is 1. The predicted molar refractivity (Wildman–Crippen MR) is 85.8 cm³/mol. The summed E-state index contributed by atoms with van der Waals surface area (Å²) in [7, 11) is 1.81. The Morgan fingerprint density at radius 1 is 0.900 bits per heavy atom. The molecule has 2 rings (SSSR count). The Hall–Kier alpha value is -1.23. The molecule has 4 nitrogen and oxygen atoms in total. The number of halogens is 3. The first-order valence-electron chi connectivity index (χ1n) is 5.87. The standard InChI is InChI=1S/C13H13Cl3N4/c1-6-12(17-3)18-7(2)19-13(6)20-11-5-9(15)8(14)4-10(11)16/h4-5H,1-3H3,(H2,17,18,19,20). The fraction of sp³-hybridized carbons (Fsp3) is 0.231. The van der Waals surface area contributed by atoms with Crippen LogP contribution < -0.4 is 10.6 Å². The summed E-state index contributed by atoms with van der Waals surface area (Å²) in [6.07, 6.45) is 0. The molecule has 106 valence electrons. The summed E-state index contributed by atoms with van der Waals surface area (Å²) < 4.78 is 0. The molecule has 20 heavy (non-hydrogen) atoms. The van der Waals surface area contributed by atoms with Gasteiger partial charge in [0.25, 0.3) is 0 Å². The molecule has 0 spiro atoms. The lowest BCUT2D eigenvalue weighted by molar-refractivity contribution is 1.04. The molecule has 0 aliphatic heterocycles. The molecule has 0 amide bonds. The van der Waals surface area contributed by atoms with Crippen LogP contribution in [0.3, 0.4) is 0 Å². The zero-order valence-electron chi connectivity index (χ0n) is 11.2. The van der Waals surface area contributed by atoms with Crippen LogP contribution in [0.4, 0.5) is 17.3 Å². The monoisotopic (exact) mass is 330 g/mol. The quantitative estimate of drug-likeness (QED) is 0.790. The van der Waals surface area contributed by atoms with E-state index in [4.69, 9.17) is 34.8 Å². The van der Waals surface area contributed by atoms with Crippen LogP contribution in [0.15, 0.2) is 12.1 Å². The molecule has 1 heterocycles. The fourth-order valence-corrected chi connectivity index (χ4v) is 2.33. The first kappa shape index (κ1) is 15.2. The van der Waals surface area contributed by atoms with Crippen molar-refractivity contribution in [2.45, 2.75) is 13.8 Å². The van der Waals surface area contributed by atoms with Gasteiger partial charge in [-0.1, -0.05) is 34.8 Å². The zero-order valence-corrected chi connectivity index (χ0v) is 13.5. The van der Waals surface area contributed by atoms with E-state index >= 15 is 0 Å². The molecule has 1 aromatic carbocycles. The van der Waals surface area contributed by atoms with E-state index in [9.17, 15) is 0 Å². The molecular weight excluding hydrogens is 319 g/mol. The van der Waals surface area contributed by atoms with Gasteiger partial charge in [-0.25, -0.2) is 9.97 Å². The number of aryl methyl sites for hydroxylation is 1. The highest BCUT2D eigenvalue weighted by atomic mass is 35.5. The second-order valence-corrected chi connectivity index (χ2v) is 5.44. The van der Waals surface area contributed by atoms with Gasteiger partial charge in [0.2, 0.25) is 0 Å². The molecule has 7 heteroatoms. The van der Waals surface area contributed by atoms with E-state index in [2.05, 4.69) is 20.6 Å². The number of aromatic nitrogens is 2. The fourth-order valence-electron chi connectivity index (χ4n) is 1.74. The van der Waals surface area contributed by atoms with E-state index in [-0.39, 0.29) is 0 Å². The maximum Gasteiger partial charge on any atom is 0.139 e. The van der Waals surface area contributed by atoms with E-state index in [0.717, 1.165) is 11.4 Å². The number of nitrogens with zero attached hydrogens (tertiary/aromatic N) is 2. The minimum atomic E-state index is 0.411. The van der Waals surface area contributed by atoms with Gasteiger partial charge in [-0.05, 0) is 26.0 Å². The summed E-state index contributed by atoms with van der Waals surface area (Å²) in [4.78, 5) is 8.68. The maximum absolute atomic E-state index is 6.15. The van der Waals surface area contributed by atoms with Crippen molar-refractivity contribution in [2.24, 2.45) is 0 Å². The van der Waals surface area contributed by atoms with Crippen LogP contribution in [0.2, 0.25) is 15.1 Å². The average molecular weight is 332 g/mol. The highest BCUT2D eigenvalue weighted by molar-refractivity contribution is 6.44. The normalized spacial score (nSPS) is 10.5. The summed E-state index contributed by atoms with van der Waals surface area (Å²) >= 11 is 18.1. The topological polar surface area (TPSA) is 49.8 Å². The van der Waals surface area contributed by atoms with Gasteiger partial charge in [0.05, 0.1) is 20.8 Å². The van der Waals surface area contributed by atoms with E-state index in [0.29, 0.717) is 32.4 Å². The lowest BCUT2D eigenvalue weighted by Gasteiger charge is -2.14. The minimum absolute atomic E-state index is 0.411. The van der Waals surface area contributed by atoms with Gasteiger partial charge in [-0.2, -0.15) is 0 Å². The lowest BCUT2D eigenvalue weighted by Crippen LogP contribution is -2.05. The third-order valence-electron chi connectivity index (χ3n) is 2.76. The van der Waals surface area contributed by atoms with E-state index in [1.165, 1.54) is 0 Å².